The summed E-state index contributed by atoms with van der Waals surface area (Å²) in [5.41, 5.74) is -2.36. The molecule has 26 heavy (non-hydrogen) atoms. The highest BCUT2D eigenvalue weighted by molar-refractivity contribution is 7.90. The van der Waals surface area contributed by atoms with E-state index in [-0.39, 0.29) is 29.2 Å². The lowest BCUT2D eigenvalue weighted by atomic mass is 10.1. The highest BCUT2D eigenvalue weighted by atomic mass is 32.2. The average molecular weight is 381 g/mol. The van der Waals surface area contributed by atoms with Crippen molar-refractivity contribution in [2.45, 2.75) is 22.7 Å². The van der Waals surface area contributed by atoms with Crippen LogP contribution in [0.5, 0.6) is 0 Å². The van der Waals surface area contributed by atoms with E-state index in [1.807, 2.05) is 0 Å². The molecule has 1 saturated heterocycles. The summed E-state index contributed by atoms with van der Waals surface area (Å²) in [6.07, 6.45) is 0.853. The van der Waals surface area contributed by atoms with Gasteiger partial charge in [0.15, 0.2) is 15.6 Å². The summed E-state index contributed by atoms with van der Waals surface area (Å²) in [5.74, 6) is -3.03. The average Bonchev–Trinajstić information content (AvgIpc) is 3.22. The minimum atomic E-state index is -3.70. The maximum Gasteiger partial charge on any atom is 0.343 e. The van der Waals surface area contributed by atoms with Crippen molar-refractivity contribution >= 4 is 21.7 Å². The molecule has 1 aromatic heterocycles. The molecule has 1 N–H and O–H groups in total. The summed E-state index contributed by atoms with van der Waals surface area (Å²) in [7, 11) is -3.70. The van der Waals surface area contributed by atoms with Gasteiger partial charge in [-0.15, -0.1) is 0 Å². The van der Waals surface area contributed by atoms with Crippen LogP contribution in [0.1, 0.15) is 22.5 Å². The number of alkyl halides is 1. The number of rotatable bonds is 5. The number of carboxylic acids is 1. The van der Waals surface area contributed by atoms with E-state index in [1.165, 1.54) is 24.5 Å². The zero-order chi connectivity index (χ0) is 18.9. The maximum atomic E-state index is 14.2. The minimum Gasteiger partial charge on any atom is -0.479 e. The molecule has 1 fully saturated rings. The number of carboxylic acid groups (broad SMARTS) is 1. The third-order valence-corrected chi connectivity index (χ3v) is 5.96. The number of hydrogen-bond donors (Lipinski definition) is 1. The van der Waals surface area contributed by atoms with Gasteiger partial charge in [-0.25, -0.2) is 17.6 Å². The molecule has 1 unspecified atom stereocenters. The predicted molar refractivity (Wildman–Crippen MR) is 88.0 cm³/mol. The van der Waals surface area contributed by atoms with Crippen LogP contribution in [0.2, 0.25) is 0 Å². The minimum absolute atomic E-state index is 0.0901. The van der Waals surface area contributed by atoms with Gasteiger partial charge in [0.1, 0.15) is 0 Å². The third-order valence-electron chi connectivity index (χ3n) is 4.28. The van der Waals surface area contributed by atoms with Gasteiger partial charge >= 0.3 is 5.97 Å². The lowest BCUT2D eigenvalue weighted by Gasteiger charge is -2.17. The van der Waals surface area contributed by atoms with Crippen LogP contribution in [-0.4, -0.2) is 49.1 Å². The molecule has 0 spiro atoms. The lowest BCUT2D eigenvalue weighted by molar-refractivity contribution is -0.149. The number of furan rings is 1. The number of nitrogens with zero attached hydrogens (tertiary/aromatic N) is 1. The Morgan fingerprint density at radius 1 is 1.23 bits per heavy atom. The smallest absolute Gasteiger partial charge is 0.343 e. The number of aliphatic carboxylic acids is 1. The molecule has 1 aliphatic rings. The van der Waals surface area contributed by atoms with Crippen molar-refractivity contribution in [3.8, 4) is 0 Å². The summed E-state index contributed by atoms with van der Waals surface area (Å²) in [5, 5.41) is 8.92. The molecule has 1 aromatic carbocycles. The van der Waals surface area contributed by atoms with Gasteiger partial charge < -0.3 is 14.4 Å². The summed E-state index contributed by atoms with van der Waals surface area (Å²) in [4.78, 5) is 24.6. The number of carbonyl (C=O) groups excluding carboxylic acids is 1. The first-order chi connectivity index (χ1) is 12.2. The molecular weight excluding hydrogens is 365 g/mol. The fourth-order valence-electron chi connectivity index (χ4n) is 2.82. The topological polar surface area (TPSA) is 105 Å². The van der Waals surface area contributed by atoms with E-state index in [0.29, 0.717) is 0 Å². The second kappa shape index (κ2) is 6.56. The predicted octanol–water partition coefficient (Wildman–Crippen LogP) is 1.89. The van der Waals surface area contributed by atoms with Crippen molar-refractivity contribution in [1.29, 1.82) is 0 Å². The molecule has 3 rings (SSSR count). The number of hydrogen-bond acceptors (Lipinski definition) is 5. The number of likely N-dealkylation sites (tertiary alicyclic amines) is 1. The lowest BCUT2D eigenvalue weighted by Crippen LogP contribution is -2.39. The van der Waals surface area contributed by atoms with E-state index in [0.717, 1.165) is 4.90 Å². The molecule has 0 aliphatic carbocycles. The second-order valence-corrected chi connectivity index (χ2v) is 8.08. The maximum absolute atomic E-state index is 14.2. The van der Waals surface area contributed by atoms with Crippen LogP contribution in [0.4, 0.5) is 4.39 Å². The van der Waals surface area contributed by atoms with Gasteiger partial charge in [-0.2, -0.15) is 0 Å². The molecular formula is C17H16FNO6S. The molecule has 138 valence electrons. The normalized spacial score (nSPS) is 20.3. The summed E-state index contributed by atoms with van der Waals surface area (Å²) in [6, 6.07) is 9.12. The first-order valence-corrected chi connectivity index (χ1v) is 9.44. The molecule has 7 nitrogen and oxygen atoms in total. The van der Waals surface area contributed by atoms with Gasteiger partial charge in [0.2, 0.25) is 5.67 Å². The van der Waals surface area contributed by atoms with Crippen LogP contribution < -0.4 is 0 Å². The van der Waals surface area contributed by atoms with Crippen LogP contribution in [0.25, 0.3) is 0 Å². The molecule has 1 atom stereocenters. The number of benzene rings is 1. The Kier molecular flexibility index (Phi) is 4.57. The summed E-state index contributed by atoms with van der Waals surface area (Å²) < 4.78 is 44.3. The Labute approximate surface area is 148 Å². The fraction of sp³-hybridized carbons (Fsp3) is 0.294. The molecule has 0 bridgehead atoms. The Bertz CT molecular complexity index is 939. The third kappa shape index (κ3) is 3.34. The van der Waals surface area contributed by atoms with Crippen molar-refractivity contribution in [2.24, 2.45) is 0 Å². The molecule has 1 aliphatic heterocycles. The quantitative estimate of drug-likeness (QED) is 0.848. The zero-order valence-electron chi connectivity index (χ0n) is 13.6. The first-order valence-electron chi connectivity index (χ1n) is 7.79. The Balaban J connectivity index is 1.81. The van der Waals surface area contributed by atoms with E-state index in [2.05, 4.69) is 0 Å². The summed E-state index contributed by atoms with van der Waals surface area (Å²) in [6.45, 7) is -0.694. The van der Waals surface area contributed by atoms with E-state index in [1.54, 1.807) is 18.2 Å². The monoisotopic (exact) mass is 381 g/mol. The van der Waals surface area contributed by atoms with Gasteiger partial charge in [0, 0.05) is 18.5 Å². The highest BCUT2D eigenvalue weighted by Gasteiger charge is 2.47. The Hall–Kier alpha value is -2.68. The van der Waals surface area contributed by atoms with Gasteiger partial charge in [-0.05, 0) is 18.2 Å². The van der Waals surface area contributed by atoms with E-state index < -0.39 is 39.7 Å². The SMILES string of the molecule is O=C(c1occc1CS(=O)(=O)c1ccccc1)N1CCC(F)(C(=O)O)C1. The number of amides is 1. The van der Waals surface area contributed by atoms with Crippen LogP contribution in [0, 0.1) is 0 Å². The number of carbonyl (C=O) groups is 2. The number of sulfone groups is 1. The fourth-order valence-corrected chi connectivity index (χ4v) is 4.19. The van der Waals surface area contributed by atoms with Crippen LogP contribution >= 0.6 is 0 Å². The van der Waals surface area contributed by atoms with Gasteiger partial charge in [0.05, 0.1) is 23.5 Å². The zero-order valence-corrected chi connectivity index (χ0v) is 14.4. The number of halogens is 1. The first kappa shape index (κ1) is 18.1. The van der Waals surface area contributed by atoms with Crippen LogP contribution in [-0.2, 0) is 20.4 Å². The largest absolute Gasteiger partial charge is 0.479 e. The molecule has 2 heterocycles. The van der Waals surface area contributed by atoms with Crippen molar-refractivity contribution < 1.29 is 31.9 Å². The second-order valence-electron chi connectivity index (χ2n) is 6.09. The standard InChI is InChI=1S/C17H16FNO6S/c18-17(16(21)22)7-8-19(11-17)15(20)14-12(6-9-25-14)10-26(23,24)13-4-2-1-3-5-13/h1-6,9H,7-8,10-11H2,(H,21,22). The van der Waals surface area contributed by atoms with Crippen molar-refractivity contribution in [3.63, 3.8) is 0 Å². The van der Waals surface area contributed by atoms with Gasteiger partial charge in [-0.3, -0.25) is 4.79 Å². The van der Waals surface area contributed by atoms with E-state index in [9.17, 15) is 22.4 Å². The van der Waals surface area contributed by atoms with Gasteiger partial charge in [0.25, 0.3) is 5.91 Å². The highest BCUT2D eigenvalue weighted by Crippen LogP contribution is 2.28. The van der Waals surface area contributed by atoms with Crippen molar-refractivity contribution in [3.05, 3.63) is 54.0 Å². The Morgan fingerprint density at radius 3 is 2.54 bits per heavy atom. The molecule has 1 amide bonds. The van der Waals surface area contributed by atoms with Gasteiger partial charge in [-0.1, -0.05) is 18.2 Å². The van der Waals surface area contributed by atoms with E-state index >= 15 is 0 Å². The molecule has 0 saturated carbocycles. The van der Waals surface area contributed by atoms with Crippen LogP contribution in [0.3, 0.4) is 0 Å². The molecule has 2 aromatic rings. The molecule has 9 heteroatoms. The van der Waals surface area contributed by atoms with Crippen molar-refractivity contribution in [1.82, 2.24) is 4.90 Å². The van der Waals surface area contributed by atoms with Crippen molar-refractivity contribution in [2.75, 3.05) is 13.1 Å². The Morgan fingerprint density at radius 2 is 1.92 bits per heavy atom. The summed E-state index contributed by atoms with van der Waals surface area (Å²) >= 11 is 0. The molecule has 0 radical (unpaired) electrons. The van der Waals surface area contributed by atoms with Crippen LogP contribution in [0.15, 0.2) is 52.0 Å². The van der Waals surface area contributed by atoms with E-state index in [4.69, 9.17) is 9.52 Å².